The van der Waals surface area contributed by atoms with Gasteiger partial charge >= 0.3 is 13.5 Å². The Morgan fingerprint density at radius 3 is 2.05 bits per heavy atom. The Morgan fingerprint density at radius 1 is 0.810 bits per heavy atom. The number of benzene rings is 2. The first-order valence-electron chi connectivity index (χ1n) is 12.9. The highest BCUT2D eigenvalue weighted by molar-refractivity contribution is 8.44. The van der Waals surface area contributed by atoms with Gasteiger partial charge in [0.25, 0.3) is 0 Å². The van der Waals surface area contributed by atoms with Crippen LogP contribution in [-0.4, -0.2) is 84.0 Å². The summed E-state index contributed by atoms with van der Waals surface area (Å²) in [5, 5.41) is 22.4. The van der Waals surface area contributed by atoms with E-state index in [4.69, 9.17) is 39.4 Å². The number of imidazole rings is 2. The third kappa shape index (κ3) is 5.28. The van der Waals surface area contributed by atoms with Gasteiger partial charge in [0.15, 0.2) is 12.5 Å². The van der Waals surface area contributed by atoms with Crippen molar-refractivity contribution in [1.82, 2.24) is 19.1 Å². The molecule has 5 heterocycles. The lowest BCUT2D eigenvalue weighted by Gasteiger charge is -2.27. The number of ether oxygens (including phenoxy) is 2. The average Bonchev–Trinajstić information content (AvgIpc) is 3.72. The summed E-state index contributed by atoms with van der Waals surface area (Å²) in [6.45, 7) is -9.08. The third-order valence-electron chi connectivity index (χ3n) is 7.45. The van der Waals surface area contributed by atoms with Crippen LogP contribution in [0.4, 0.5) is 0 Å². The molecule has 7 rings (SSSR count). The molecule has 224 valence electrons. The number of nitrogens with zero attached hydrogens (tertiary/aromatic N) is 4. The van der Waals surface area contributed by atoms with E-state index in [0.717, 1.165) is 0 Å². The molecule has 3 aliphatic rings. The topological polar surface area (TPSA) is 169 Å². The van der Waals surface area contributed by atoms with Crippen LogP contribution in [0.1, 0.15) is 12.5 Å². The van der Waals surface area contributed by atoms with E-state index in [-0.39, 0.29) is 0 Å². The minimum atomic E-state index is -4.19. The van der Waals surface area contributed by atoms with Crippen LogP contribution in [0, 0.1) is 0 Å². The molecule has 3 saturated heterocycles. The molecule has 2 bridgehead atoms. The number of para-hydroxylation sites is 4. The van der Waals surface area contributed by atoms with Crippen molar-refractivity contribution in [3.05, 3.63) is 61.2 Å². The Balaban J connectivity index is 1.20. The van der Waals surface area contributed by atoms with Gasteiger partial charge in [0.1, 0.15) is 36.6 Å². The number of aromatic nitrogens is 4. The minimum absolute atomic E-state index is 0.403. The molecule has 6 unspecified atom stereocenters. The van der Waals surface area contributed by atoms with Gasteiger partial charge in [0.05, 0.1) is 47.9 Å². The summed E-state index contributed by atoms with van der Waals surface area (Å²) in [6, 6.07) is 14.5. The molecule has 0 aliphatic carbocycles. The summed E-state index contributed by atoms with van der Waals surface area (Å²) >= 11 is 9.42. The molecule has 2 aromatic heterocycles. The fourth-order valence-corrected chi connectivity index (χ4v) is 8.38. The van der Waals surface area contributed by atoms with Crippen molar-refractivity contribution in [2.75, 3.05) is 13.2 Å². The molecule has 0 radical (unpaired) electrons. The Bertz CT molecular complexity index is 1720. The molecular weight excluding hydrogens is 630 g/mol. The molecule has 2 aromatic carbocycles. The van der Waals surface area contributed by atoms with Crippen molar-refractivity contribution in [2.24, 2.45) is 0 Å². The van der Waals surface area contributed by atoms with E-state index in [1.54, 1.807) is 33.4 Å². The summed E-state index contributed by atoms with van der Waals surface area (Å²) in [4.78, 5) is 19.7. The Morgan fingerprint density at radius 2 is 1.38 bits per heavy atom. The number of hydrogen-bond acceptors (Lipinski definition) is 12. The Hall–Kier alpha value is -1.75. The van der Waals surface area contributed by atoms with E-state index >= 15 is 0 Å². The van der Waals surface area contributed by atoms with Crippen molar-refractivity contribution in [1.29, 1.82) is 0 Å². The molecule has 0 amide bonds. The molecule has 42 heavy (non-hydrogen) atoms. The maximum absolute atomic E-state index is 13.5. The standard InChI is InChI=1S/C24H26N4O10P2S2/c29-19-17-9-33-39(31,41)37-21-18(36-23(20(21)30)27-11-25-13-5-1-3-7-15(13)27)10-34-40(32,42)38-22(19)24(35-17)28-12-26-14-6-2-4-8-16(14)28/h1-8,11-12,17-24,29-30H,9-10H2,(H,31,41)(H,32,42)/t17-,18-,19?,20?,21?,22?,23-,24-,39?,40?/m1/s1. The van der Waals surface area contributed by atoms with Gasteiger partial charge in [-0.1, -0.05) is 36.5 Å². The van der Waals surface area contributed by atoms with E-state index in [1.165, 1.54) is 12.7 Å². The maximum atomic E-state index is 13.5. The molecule has 18 heteroatoms. The average molecular weight is 657 g/mol. The van der Waals surface area contributed by atoms with Crippen LogP contribution < -0.4 is 0 Å². The molecule has 3 fully saturated rings. The number of rotatable bonds is 2. The van der Waals surface area contributed by atoms with Crippen molar-refractivity contribution in [3.63, 3.8) is 0 Å². The molecule has 0 spiro atoms. The molecular formula is C24H26N4O10P2S2. The van der Waals surface area contributed by atoms with Crippen molar-refractivity contribution in [2.45, 2.75) is 49.1 Å². The first-order valence-corrected chi connectivity index (χ1v) is 18.2. The minimum Gasteiger partial charge on any atom is -0.387 e. The van der Waals surface area contributed by atoms with Crippen LogP contribution in [0.3, 0.4) is 0 Å². The largest absolute Gasteiger partial charge is 0.387 e. The lowest BCUT2D eigenvalue weighted by atomic mass is 10.1. The predicted octanol–water partition coefficient (Wildman–Crippen LogP) is 2.67. The van der Waals surface area contributed by atoms with Gasteiger partial charge in [-0.25, -0.2) is 14.5 Å². The zero-order valence-corrected chi connectivity index (χ0v) is 25.0. The first kappa shape index (κ1) is 29.0. The monoisotopic (exact) mass is 656 g/mol. The zero-order valence-electron chi connectivity index (χ0n) is 21.5. The van der Waals surface area contributed by atoms with Gasteiger partial charge in [-0.2, -0.15) is 0 Å². The normalized spacial score (nSPS) is 39.5. The summed E-state index contributed by atoms with van der Waals surface area (Å²) in [7, 11) is 0. The molecule has 0 saturated carbocycles. The number of hydrogen-bond donors (Lipinski definition) is 4. The van der Waals surface area contributed by atoms with Crippen LogP contribution in [0.15, 0.2) is 61.2 Å². The van der Waals surface area contributed by atoms with Gasteiger partial charge in [0, 0.05) is 0 Å². The van der Waals surface area contributed by atoms with E-state index in [1.807, 2.05) is 24.3 Å². The highest BCUT2D eigenvalue weighted by atomic mass is 32.7. The maximum Gasteiger partial charge on any atom is 0.386 e. The van der Waals surface area contributed by atoms with E-state index in [9.17, 15) is 19.7 Å². The molecule has 10 atom stereocenters. The Kier molecular flexibility index (Phi) is 7.59. The van der Waals surface area contributed by atoms with Gasteiger partial charge in [-0.15, -0.1) is 0 Å². The summed E-state index contributed by atoms with van der Waals surface area (Å²) in [5.41, 5.74) is 2.69. The molecule has 14 nitrogen and oxygen atoms in total. The summed E-state index contributed by atoms with van der Waals surface area (Å²) < 4.78 is 51.6. The molecule has 3 aliphatic heterocycles. The van der Waals surface area contributed by atoms with Gasteiger partial charge in [0.2, 0.25) is 0 Å². The van der Waals surface area contributed by atoms with Gasteiger partial charge < -0.3 is 38.2 Å². The quantitative estimate of drug-likeness (QED) is 0.184. The van der Waals surface area contributed by atoms with Crippen LogP contribution in [0.5, 0.6) is 0 Å². The number of aliphatic hydroxyl groups excluding tert-OH is 2. The smallest absolute Gasteiger partial charge is 0.386 e. The lowest BCUT2D eigenvalue weighted by Crippen LogP contribution is -2.36. The summed E-state index contributed by atoms with van der Waals surface area (Å²) in [5.74, 6) is 0. The first-order chi connectivity index (χ1) is 20.1. The van der Waals surface area contributed by atoms with Crippen molar-refractivity contribution in [3.8, 4) is 0 Å². The zero-order chi connectivity index (χ0) is 29.2. The van der Waals surface area contributed by atoms with Crippen molar-refractivity contribution >= 4 is 59.6 Å². The second-order valence-electron chi connectivity index (χ2n) is 10.1. The lowest BCUT2D eigenvalue weighted by molar-refractivity contribution is -0.0586. The van der Waals surface area contributed by atoms with Gasteiger partial charge in [-0.05, 0) is 36.1 Å². The highest BCUT2D eigenvalue weighted by Crippen LogP contribution is 2.58. The second-order valence-corrected chi connectivity index (χ2v) is 15.7. The van der Waals surface area contributed by atoms with Crippen LogP contribution in [0.25, 0.3) is 22.1 Å². The molecule has 3 N–H and O–H groups in total. The fraction of sp³-hybridized carbons (Fsp3) is 0.417. The van der Waals surface area contributed by atoms with Gasteiger partial charge in [-0.3, -0.25) is 13.6 Å². The number of thiol groups is 1. The SMILES string of the molecule is O=P1(S)OC[C@H]2O[C@@H](n3cnc4ccccc43)C(O)C2OP(O)(=S)OC[C@H]2O[C@@H](n3cnc4ccccc43)C(O1)C2O. The third-order valence-corrected chi connectivity index (χ3v) is 10.6. The Labute approximate surface area is 249 Å². The fourth-order valence-electron chi connectivity index (χ4n) is 5.47. The van der Waals surface area contributed by atoms with E-state index < -0.39 is 75.8 Å². The highest BCUT2D eigenvalue weighted by Gasteiger charge is 2.52. The van der Waals surface area contributed by atoms with Crippen LogP contribution in [-0.2, 0) is 43.9 Å². The van der Waals surface area contributed by atoms with Crippen molar-refractivity contribution < 1.29 is 47.2 Å². The van der Waals surface area contributed by atoms with E-state index in [2.05, 4.69) is 22.2 Å². The number of fused-ring (bicyclic) bond motifs is 5. The van der Waals surface area contributed by atoms with Crippen LogP contribution >= 0.6 is 25.8 Å². The predicted molar refractivity (Wildman–Crippen MR) is 154 cm³/mol. The van der Waals surface area contributed by atoms with Crippen LogP contribution in [0.2, 0.25) is 0 Å². The second kappa shape index (κ2) is 11.0. The summed E-state index contributed by atoms with van der Waals surface area (Å²) in [6.07, 6.45) is -6.43. The van der Waals surface area contributed by atoms with E-state index in [0.29, 0.717) is 22.1 Å². The number of aliphatic hydroxyl groups is 2. The molecule has 4 aromatic rings.